The molecule has 0 radical (unpaired) electrons. The maximum atomic E-state index is 5.53. The Morgan fingerprint density at radius 2 is 1.69 bits per heavy atom. The smallest absolute Gasteiger partial charge is 0.0316 e. The Morgan fingerprint density at radius 1 is 1.12 bits per heavy atom. The summed E-state index contributed by atoms with van der Waals surface area (Å²) < 4.78 is 0. The van der Waals surface area contributed by atoms with E-state index < -0.39 is 0 Å². The second-order valence-electron chi connectivity index (χ2n) is 4.57. The van der Waals surface area contributed by atoms with E-state index in [9.17, 15) is 0 Å². The van der Waals surface area contributed by atoms with Crippen LogP contribution in [-0.4, -0.2) is 12.1 Å². The van der Waals surface area contributed by atoms with Gasteiger partial charge in [-0.15, -0.1) is 0 Å². The first-order valence-corrected chi connectivity index (χ1v) is 6.06. The average molecular weight is 222 g/mol. The number of aryl methyl sites for hydroxylation is 1. The Balaban J connectivity index is 0.000000293. The molecule has 0 saturated heterocycles. The predicted molar refractivity (Wildman–Crippen MR) is 73.6 cm³/mol. The summed E-state index contributed by atoms with van der Waals surface area (Å²) in [5.41, 5.74) is 7.69. The molecule has 0 aromatic heterocycles. The van der Waals surface area contributed by atoms with Crippen LogP contribution in [0.3, 0.4) is 0 Å². The van der Waals surface area contributed by atoms with Crippen LogP contribution in [0.15, 0.2) is 24.3 Å². The minimum atomic E-state index is 0.625. The van der Waals surface area contributed by atoms with Crippen molar-refractivity contribution >= 4 is 5.69 Å². The highest BCUT2D eigenvalue weighted by Crippen LogP contribution is 2.05. The Morgan fingerprint density at radius 3 is 1.94 bits per heavy atom. The van der Waals surface area contributed by atoms with E-state index in [0.29, 0.717) is 12.1 Å². The fraction of sp³-hybridized carbons (Fsp3) is 0.571. The summed E-state index contributed by atoms with van der Waals surface area (Å²) in [4.78, 5) is 0. The minimum absolute atomic E-state index is 0.625. The van der Waals surface area contributed by atoms with Crippen LogP contribution in [0.5, 0.6) is 0 Å². The van der Waals surface area contributed by atoms with Crippen LogP contribution < -0.4 is 11.1 Å². The summed E-state index contributed by atoms with van der Waals surface area (Å²) in [6, 6.07) is 9.21. The van der Waals surface area contributed by atoms with Gasteiger partial charge in [-0.05, 0) is 24.1 Å². The summed E-state index contributed by atoms with van der Waals surface area (Å²) in [7, 11) is 0. The van der Waals surface area contributed by atoms with E-state index in [-0.39, 0.29) is 0 Å². The van der Waals surface area contributed by atoms with Crippen molar-refractivity contribution in [2.45, 2.75) is 53.1 Å². The molecule has 0 aliphatic carbocycles. The van der Waals surface area contributed by atoms with Crippen molar-refractivity contribution in [3.05, 3.63) is 29.8 Å². The lowest BCUT2D eigenvalue weighted by Gasteiger charge is -2.10. The third-order valence-electron chi connectivity index (χ3n) is 2.03. The first-order valence-electron chi connectivity index (χ1n) is 6.06. The Bertz CT molecular complexity index is 274. The highest BCUT2D eigenvalue weighted by atomic mass is 14.9. The maximum Gasteiger partial charge on any atom is 0.0316 e. The quantitative estimate of drug-likeness (QED) is 0.771. The SMILES string of the molecule is CC(C)NC(C)C.CCc1cccc(N)c1. The zero-order valence-electron chi connectivity index (χ0n) is 11.2. The molecule has 0 aliphatic rings. The number of hydrogen-bond acceptors (Lipinski definition) is 2. The number of hydrogen-bond donors (Lipinski definition) is 2. The molecule has 0 saturated carbocycles. The number of nitrogens with one attached hydrogen (secondary N) is 1. The standard InChI is InChI=1S/C8H11N.C6H15N/c1-2-7-4-3-5-8(9)6-7;1-5(2)7-6(3)4/h3-6H,2,9H2,1H3;5-7H,1-4H3. The molecule has 0 aliphatic heterocycles. The van der Waals surface area contributed by atoms with Crippen molar-refractivity contribution in [1.82, 2.24) is 5.32 Å². The summed E-state index contributed by atoms with van der Waals surface area (Å²) in [6.07, 6.45) is 1.06. The molecule has 0 spiro atoms. The van der Waals surface area contributed by atoms with Gasteiger partial charge in [-0.25, -0.2) is 0 Å². The molecule has 1 aromatic rings. The predicted octanol–water partition coefficient (Wildman–Crippen LogP) is 3.22. The van der Waals surface area contributed by atoms with E-state index >= 15 is 0 Å². The average Bonchev–Trinajstić information content (AvgIpc) is 2.16. The summed E-state index contributed by atoms with van der Waals surface area (Å²) in [6.45, 7) is 10.7. The second kappa shape index (κ2) is 8.17. The van der Waals surface area contributed by atoms with Gasteiger partial charge in [0.05, 0.1) is 0 Å². The Labute approximate surface area is 100 Å². The molecule has 92 valence electrons. The van der Waals surface area contributed by atoms with Gasteiger partial charge in [0, 0.05) is 17.8 Å². The first kappa shape index (κ1) is 15.0. The van der Waals surface area contributed by atoms with Crippen molar-refractivity contribution in [1.29, 1.82) is 0 Å². The molecule has 0 amide bonds. The van der Waals surface area contributed by atoms with Crippen LogP contribution in [-0.2, 0) is 6.42 Å². The zero-order valence-corrected chi connectivity index (χ0v) is 11.2. The number of benzene rings is 1. The van der Waals surface area contributed by atoms with Gasteiger partial charge in [-0.3, -0.25) is 0 Å². The fourth-order valence-corrected chi connectivity index (χ4v) is 1.48. The van der Waals surface area contributed by atoms with E-state index in [4.69, 9.17) is 5.73 Å². The molecular formula is C14H26N2. The normalized spacial score (nSPS) is 10.2. The van der Waals surface area contributed by atoms with E-state index in [1.54, 1.807) is 0 Å². The molecule has 2 heteroatoms. The van der Waals surface area contributed by atoms with Gasteiger partial charge in [0.15, 0.2) is 0 Å². The molecule has 1 rings (SSSR count). The van der Waals surface area contributed by atoms with E-state index in [0.717, 1.165) is 12.1 Å². The molecule has 2 nitrogen and oxygen atoms in total. The molecule has 0 atom stereocenters. The van der Waals surface area contributed by atoms with Crippen molar-refractivity contribution < 1.29 is 0 Å². The van der Waals surface area contributed by atoms with Gasteiger partial charge in [-0.1, -0.05) is 46.8 Å². The first-order chi connectivity index (χ1) is 7.45. The van der Waals surface area contributed by atoms with Gasteiger partial charge < -0.3 is 11.1 Å². The van der Waals surface area contributed by atoms with Gasteiger partial charge in [0.2, 0.25) is 0 Å². The van der Waals surface area contributed by atoms with Crippen molar-refractivity contribution in [2.75, 3.05) is 5.73 Å². The summed E-state index contributed by atoms with van der Waals surface area (Å²) >= 11 is 0. The molecule has 1 aromatic carbocycles. The van der Waals surface area contributed by atoms with E-state index in [1.165, 1.54) is 5.56 Å². The van der Waals surface area contributed by atoms with Crippen LogP contribution >= 0.6 is 0 Å². The van der Waals surface area contributed by atoms with Gasteiger partial charge >= 0.3 is 0 Å². The molecule has 0 unspecified atom stereocenters. The number of nitrogens with two attached hydrogens (primary N) is 1. The molecule has 16 heavy (non-hydrogen) atoms. The van der Waals surface area contributed by atoms with Gasteiger partial charge in [0.25, 0.3) is 0 Å². The van der Waals surface area contributed by atoms with E-state index in [1.807, 2.05) is 18.2 Å². The fourth-order valence-electron chi connectivity index (χ4n) is 1.48. The highest BCUT2D eigenvalue weighted by Gasteiger charge is 1.92. The molecular weight excluding hydrogens is 196 g/mol. The van der Waals surface area contributed by atoms with Gasteiger partial charge in [-0.2, -0.15) is 0 Å². The lowest BCUT2D eigenvalue weighted by atomic mass is 10.1. The maximum absolute atomic E-state index is 5.53. The van der Waals surface area contributed by atoms with Crippen molar-refractivity contribution in [3.8, 4) is 0 Å². The van der Waals surface area contributed by atoms with Crippen LogP contribution in [0.1, 0.15) is 40.2 Å². The van der Waals surface area contributed by atoms with Gasteiger partial charge in [0.1, 0.15) is 0 Å². The second-order valence-corrected chi connectivity index (χ2v) is 4.57. The molecule has 3 N–H and O–H groups in total. The van der Waals surface area contributed by atoms with Crippen molar-refractivity contribution in [3.63, 3.8) is 0 Å². The lowest BCUT2D eigenvalue weighted by molar-refractivity contribution is 0.518. The largest absolute Gasteiger partial charge is 0.399 e. The van der Waals surface area contributed by atoms with E-state index in [2.05, 4.69) is 46.0 Å². The third kappa shape index (κ3) is 8.30. The number of rotatable bonds is 3. The Hall–Kier alpha value is -1.02. The van der Waals surface area contributed by atoms with Crippen molar-refractivity contribution in [2.24, 2.45) is 0 Å². The molecule has 0 fully saturated rings. The Kier molecular flexibility index (Phi) is 7.65. The van der Waals surface area contributed by atoms with Crippen LogP contribution in [0.4, 0.5) is 5.69 Å². The number of anilines is 1. The van der Waals surface area contributed by atoms with Crippen LogP contribution in [0.2, 0.25) is 0 Å². The highest BCUT2D eigenvalue weighted by molar-refractivity contribution is 5.40. The number of nitrogen functional groups attached to an aromatic ring is 1. The topological polar surface area (TPSA) is 38.0 Å². The molecule has 0 bridgehead atoms. The van der Waals surface area contributed by atoms with Crippen LogP contribution in [0.25, 0.3) is 0 Å². The summed E-state index contributed by atoms with van der Waals surface area (Å²) in [5, 5.41) is 3.31. The monoisotopic (exact) mass is 222 g/mol. The minimum Gasteiger partial charge on any atom is -0.399 e. The third-order valence-corrected chi connectivity index (χ3v) is 2.03. The molecule has 0 heterocycles. The lowest BCUT2D eigenvalue weighted by Crippen LogP contribution is -2.29. The zero-order chi connectivity index (χ0) is 12.6. The summed E-state index contributed by atoms with van der Waals surface area (Å²) in [5.74, 6) is 0. The van der Waals surface area contributed by atoms with Crippen LogP contribution in [0, 0.1) is 0 Å².